The Bertz CT molecular complexity index is 806. The predicted molar refractivity (Wildman–Crippen MR) is 102 cm³/mol. The van der Waals surface area contributed by atoms with E-state index in [2.05, 4.69) is 13.0 Å². The van der Waals surface area contributed by atoms with Crippen LogP contribution in [0.3, 0.4) is 0 Å². The van der Waals surface area contributed by atoms with Crippen LogP contribution in [0.2, 0.25) is 0 Å². The number of sulfonamides is 1. The Kier molecular flexibility index (Phi) is 5.12. The van der Waals surface area contributed by atoms with Crippen LogP contribution in [-0.2, 0) is 14.8 Å². The summed E-state index contributed by atoms with van der Waals surface area (Å²) in [6.07, 6.45) is 5.99. The van der Waals surface area contributed by atoms with Crippen molar-refractivity contribution in [1.29, 1.82) is 0 Å². The lowest BCUT2D eigenvalue weighted by Gasteiger charge is -2.42. The Morgan fingerprint density at radius 3 is 2.35 bits per heavy atom. The standard InChI is InChI=1S/C19H26N2O4S/c1-15-8-13-25-19(14-15)9-11-21(12-10-19)18(22)16-4-6-17(7-5-16)20(2)26(3,23)24/h4-7,14H,8-13H2,1-3H3. The van der Waals surface area contributed by atoms with E-state index in [1.807, 2.05) is 4.90 Å². The SMILES string of the molecule is CC1=CC2(CCN(C(=O)c3ccc(N(C)S(C)(=O)=O)cc3)CC2)OCC1. The van der Waals surface area contributed by atoms with Gasteiger partial charge in [-0.1, -0.05) is 11.6 Å². The highest BCUT2D eigenvalue weighted by atomic mass is 32.2. The van der Waals surface area contributed by atoms with Crippen molar-refractivity contribution in [3.05, 3.63) is 41.5 Å². The zero-order valence-electron chi connectivity index (χ0n) is 15.6. The van der Waals surface area contributed by atoms with Gasteiger partial charge in [0.05, 0.1) is 24.2 Å². The molecule has 6 nitrogen and oxygen atoms in total. The van der Waals surface area contributed by atoms with Crippen molar-refractivity contribution >= 4 is 21.6 Å². The minimum atomic E-state index is -3.31. The first-order valence-electron chi connectivity index (χ1n) is 8.86. The molecule has 2 aliphatic rings. The molecule has 0 unspecified atom stereocenters. The number of rotatable bonds is 3. The second-order valence-electron chi connectivity index (χ2n) is 7.22. The maximum absolute atomic E-state index is 12.8. The van der Waals surface area contributed by atoms with Gasteiger partial charge in [0.25, 0.3) is 5.91 Å². The van der Waals surface area contributed by atoms with Crippen LogP contribution in [-0.4, -0.2) is 57.8 Å². The number of piperidine rings is 1. The number of carbonyl (C=O) groups is 1. The van der Waals surface area contributed by atoms with Gasteiger partial charge in [0.15, 0.2) is 0 Å². The van der Waals surface area contributed by atoms with E-state index in [0.29, 0.717) is 24.3 Å². The van der Waals surface area contributed by atoms with Crippen LogP contribution >= 0.6 is 0 Å². The lowest BCUT2D eigenvalue weighted by Crippen LogP contribution is -2.48. The third kappa shape index (κ3) is 3.94. The number of likely N-dealkylation sites (tertiary alicyclic amines) is 1. The summed E-state index contributed by atoms with van der Waals surface area (Å²) in [6, 6.07) is 6.70. The lowest BCUT2D eigenvalue weighted by atomic mass is 9.87. The molecule has 2 aliphatic heterocycles. The molecule has 0 saturated carbocycles. The predicted octanol–water partition coefficient (Wildman–Crippen LogP) is 2.42. The number of amides is 1. The number of hydrogen-bond donors (Lipinski definition) is 0. The molecule has 26 heavy (non-hydrogen) atoms. The molecule has 0 bridgehead atoms. The van der Waals surface area contributed by atoms with E-state index >= 15 is 0 Å². The summed E-state index contributed by atoms with van der Waals surface area (Å²) >= 11 is 0. The van der Waals surface area contributed by atoms with Gasteiger partial charge in [0.2, 0.25) is 10.0 Å². The Morgan fingerprint density at radius 2 is 1.81 bits per heavy atom. The highest BCUT2D eigenvalue weighted by molar-refractivity contribution is 7.92. The topological polar surface area (TPSA) is 66.9 Å². The molecule has 1 amide bonds. The number of nitrogens with zero attached hydrogens (tertiary/aromatic N) is 2. The average Bonchev–Trinajstić information content (AvgIpc) is 2.60. The summed E-state index contributed by atoms with van der Waals surface area (Å²) in [5.41, 5.74) is 2.27. The van der Waals surface area contributed by atoms with Crippen LogP contribution in [0.1, 0.15) is 36.5 Å². The van der Waals surface area contributed by atoms with E-state index in [0.717, 1.165) is 32.1 Å². The van der Waals surface area contributed by atoms with E-state index < -0.39 is 10.0 Å². The van der Waals surface area contributed by atoms with Gasteiger partial charge < -0.3 is 9.64 Å². The molecule has 0 N–H and O–H groups in total. The largest absolute Gasteiger partial charge is 0.370 e. The van der Waals surface area contributed by atoms with Gasteiger partial charge in [-0.3, -0.25) is 9.10 Å². The summed E-state index contributed by atoms with van der Waals surface area (Å²) in [7, 11) is -1.82. The van der Waals surface area contributed by atoms with Gasteiger partial charge in [-0.05, 0) is 50.5 Å². The summed E-state index contributed by atoms with van der Waals surface area (Å²) < 4.78 is 30.4. The number of ether oxygens (including phenoxy) is 1. The van der Waals surface area contributed by atoms with Gasteiger partial charge >= 0.3 is 0 Å². The first-order valence-corrected chi connectivity index (χ1v) is 10.7. The summed E-state index contributed by atoms with van der Waals surface area (Å²) in [5.74, 6) is -0.0232. The van der Waals surface area contributed by atoms with Gasteiger partial charge in [0, 0.05) is 25.7 Å². The van der Waals surface area contributed by atoms with Crippen molar-refractivity contribution in [2.45, 2.75) is 31.8 Å². The Balaban J connectivity index is 1.66. The fraction of sp³-hybridized carbons (Fsp3) is 0.526. The molecule has 1 fully saturated rings. The highest BCUT2D eigenvalue weighted by Gasteiger charge is 2.36. The zero-order valence-corrected chi connectivity index (χ0v) is 16.4. The minimum absolute atomic E-state index is 0.0232. The molecular formula is C19H26N2O4S. The van der Waals surface area contributed by atoms with E-state index in [-0.39, 0.29) is 11.5 Å². The van der Waals surface area contributed by atoms with Crippen LogP contribution < -0.4 is 4.31 Å². The Hall–Kier alpha value is -1.86. The Labute approximate surface area is 155 Å². The van der Waals surface area contributed by atoms with Crippen molar-refractivity contribution in [1.82, 2.24) is 4.90 Å². The first-order chi connectivity index (χ1) is 12.2. The molecule has 0 radical (unpaired) electrons. The van der Waals surface area contributed by atoms with Crippen LogP contribution in [0.15, 0.2) is 35.9 Å². The number of benzene rings is 1. The molecule has 0 aromatic heterocycles. The maximum atomic E-state index is 12.8. The fourth-order valence-electron chi connectivity index (χ4n) is 3.54. The van der Waals surface area contributed by atoms with Crippen molar-refractivity contribution in [2.75, 3.05) is 37.3 Å². The van der Waals surface area contributed by atoms with Gasteiger partial charge in [0.1, 0.15) is 0 Å². The minimum Gasteiger partial charge on any atom is -0.370 e. The van der Waals surface area contributed by atoms with Crippen molar-refractivity contribution in [3.8, 4) is 0 Å². The zero-order chi connectivity index (χ0) is 18.9. The summed E-state index contributed by atoms with van der Waals surface area (Å²) in [6.45, 7) is 4.21. The quantitative estimate of drug-likeness (QED) is 0.758. The van der Waals surface area contributed by atoms with E-state index in [1.54, 1.807) is 24.3 Å². The maximum Gasteiger partial charge on any atom is 0.253 e. The molecule has 3 rings (SSSR count). The molecule has 1 aromatic rings. The van der Waals surface area contributed by atoms with E-state index in [9.17, 15) is 13.2 Å². The summed E-state index contributed by atoms with van der Waals surface area (Å²) in [4.78, 5) is 14.6. The van der Waals surface area contributed by atoms with Gasteiger partial charge in [-0.15, -0.1) is 0 Å². The van der Waals surface area contributed by atoms with Crippen LogP contribution in [0.5, 0.6) is 0 Å². The van der Waals surface area contributed by atoms with Crippen LogP contribution in [0.25, 0.3) is 0 Å². The second kappa shape index (κ2) is 7.04. The third-order valence-electron chi connectivity index (χ3n) is 5.27. The molecule has 0 atom stereocenters. The highest BCUT2D eigenvalue weighted by Crippen LogP contribution is 2.33. The van der Waals surface area contributed by atoms with Crippen molar-refractivity contribution < 1.29 is 17.9 Å². The van der Waals surface area contributed by atoms with Crippen LogP contribution in [0, 0.1) is 0 Å². The number of hydrogen-bond acceptors (Lipinski definition) is 4. The van der Waals surface area contributed by atoms with E-state index in [1.165, 1.54) is 16.9 Å². The average molecular weight is 378 g/mol. The number of carbonyl (C=O) groups excluding carboxylic acids is 1. The molecule has 1 spiro atoms. The van der Waals surface area contributed by atoms with Gasteiger partial charge in [-0.25, -0.2) is 8.42 Å². The third-order valence-corrected chi connectivity index (χ3v) is 6.47. The fourth-order valence-corrected chi connectivity index (χ4v) is 4.05. The molecule has 2 heterocycles. The Morgan fingerprint density at radius 1 is 1.19 bits per heavy atom. The van der Waals surface area contributed by atoms with E-state index in [4.69, 9.17) is 4.74 Å². The van der Waals surface area contributed by atoms with Crippen LogP contribution in [0.4, 0.5) is 5.69 Å². The molecule has 7 heteroatoms. The second-order valence-corrected chi connectivity index (χ2v) is 9.24. The number of anilines is 1. The van der Waals surface area contributed by atoms with Gasteiger partial charge in [-0.2, -0.15) is 0 Å². The molecule has 142 valence electrons. The normalized spacial score (nSPS) is 20.0. The molecule has 0 aliphatic carbocycles. The summed E-state index contributed by atoms with van der Waals surface area (Å²) in [5, 5.41) is 0. The van der Waals surface area contributed by atoms with Crippen molar-refractivity contribution in [3.63, 3.8) is 0 Å². The van der Waals surface area contributed by atoms with Crippen molar-refractivity contribution in [2.24, 2.45) is 0 Å². The monoisotopic (exact) mass is 378 g/mol. The smallest absolute Gasteiger partial charge is 0.253 e. The molecule has 1 aromatic carbocycles. The first kappa shape index (κ1) is 18.9. The molecular weight excluding hydrogens is 352 g/mol. The lowest BCUT2D eigenvalue weighted by molar-refractivity contribution is -0.0522. The molecule has 1 saturated heterocycles.